The third kappa shape index (κ3) is 2.59. The molecule has 21 heavy (non-hydrogen) atoms. The highest BCUT2D eigenvalue weighted by Gasteiger charge is 2.39. The summed E-state index contributed by atoms with van der Waals surface area (Å²) in [5.74, 6) is 1.42. The van der Waals surface area contributed by atoms with Crippen LogP contribution in [0.15, 0.2) is 12.5 Å². The number of carbonyl (C=O) groups excluding carboxylic acids is 1. The van der Waals surface area contributed by atoms with Crippen molar-refractivity contribution in [2.75, 3.05) is 19.6 Å². The van der Waals surface area contributed by atoms with Gasteiger partial charge in [-0.25, -0.2) is 4.98 Å². The number of H-pyrrole nitrogens is 1. The maximum Gasteiger partial charge on any atom is 0.225 e. The smallest absolute Gasteiger partial charge is 0.225 e. The zero-order valence-electron chi connectivity index (χ0n) is 12.5. The number of nitrogens with one attached hydrogen (secondary N) is 1. The maximum atomic E-state index is 12.6. The first-order valence-corrected chi connectivity index (χ1v) is 8.29. The largest absolute Gasteiger partial charge is 0.347 e. The van der Waals surface area contributed by atoms with Gasteiger partial charge in [-0.15, -0.1) is 0 Å². The number of nitrogens with zero attached hydrogens (tertiary/aromatic N) is 3. The first-order valence-electron chi connectivity index (χ1n) is 8.29. The predicted octanol–water partition coefficient (Wildman–Crippen LogP) is 1.63. The molecule has 0 radical (unpaired) electrons. The lowest BCUT2D eigenvalue weighted by atomic mass is 9.84. The van der Waals surface area contributed by atoms with Crippen molar-refractivity contribution >= 4 is 5.91 Å². The van der Waals surface area contributed by atoms with Crippen LogP contribution in [-0.4, -0.2) is 51.4 Å². The average molecular weight is 288 g/mol. The Hall–Kier alpha value is -1.36. The summed E-state index contributed by atoms with van der Waals surface area (Å²) in [5.41, 5.74) is 1.18. The lowest BCUT2D eigenvalue weighted by molar-refractivity contribution is -0.138. The van der Waals surface area contributed by atoms with Gasteiger partial charge in [-0.1, -0.05) is 6.42 Å². The Balaban J connectivity index is 1.45. The molecule has 0 spiro atoms. The number of aromatic amines is 1. The Bertz CT molecular complexity index is 496. The number of hydrogen-bond acceptors (Lipinski definition) is 3. The molecule has 3 aliphatic heterocycles. The fourth-order valence-electron chi connectivity index (χ4n) is 4.06. The van der Waals surface area contributed by atoms with Crippen molar-refractivity contribution in [3.63, 3.8) is 0 Å². The van der Waals surface area contributed by atoms with Crippen LogP contribution in [0.1, 0.15) is 37.8 Å². The van der Waals surface area contributed by atoms with E-state index in [2.05, 4.69) is 19.8 Å². The van der Waals surface area contributed by atoms with Gasteiger partial charge >= 0.3 is 0 Å². The number of piperidine rings is 1. The second-order valence-corrected chi connectivity index (χ2v) is 6.97. The number of amides is 1. The molecule has 1 N–H and O–H groups in total. The van der Waals surface area contributed by atoms with Gasteiger partial charge in [-0.05, 0) is 31.6 Å². The fraction of sp³-hybridized carbons (Fsp3) is 0.750. The number of imidazole rings is 1. The maximum absolute atomic E-state index is 12.6. The molecule has 2 atom stereocenters. The van der Waals surface area contributed by atoms with Crippen LogP contribution in [0.3, 0.4) is 0 Å². The predicted molar refractivity (Wildman–Crippen MR) is 79.4 cm³/mol. The van der Waals surface area contributed by atoms with Gasteiger partial charge in [0, 0.05) is 50.0 Å². The lowest BCUT2D eigenvalue weighted by Gasteiger charge is -2.35. The van der Waals surface area contributed by atoms with Gasteiger partial charge in [0.15, 0.2) is 0 Å². The van der Waals surface area contributed by atoms with Crippen molar-refractivity contribution in [2.45, 2.75) is 44.7 Å². The van der Waals surface area contributed by atoms with E-state index in [9.17, 15) is 4.79 Å². The number of aromatic nitrogens is 2. The SMILES string of the molecule is O=C(C1CCC1)N1C[C@@H]2CC[C@H](C1)N(Cc1cnc[nH]1)C2. The van der Waals surface area contributed by atoms with E-state index in [0.717, 1.165) is 39.0 Å². The van der Waals surface area contributed by atoms with E-state index in [0.29, 0.717) is 23.8 Å². The zero-order chi connectivity index (χ0) is 14.2. The molecule has 0 aromatic carbocycles. The van der Waals surface area contributed by atoms with E-state index in [4.69, 9.17) is 0 Å². The van der Waals surface area contributed by atoms with Gasteiger partial charge in [-0.2, -0.15) is 0 Å². The van der Waals surface area contributed by atoms with Gasteiger partial charge in [0.25, 0.3) is 0 Å². The second-order valence-electron chi connectivity index (χ2n) is 6.97. The Labute approximate surface area is 125 Å². The van der Waals surface area contributed by atoms with Crippen LogP contribution < -0.4 is 0 Å². The minimum atomic E-state index is 0.337. The van der Waals surface area contributed by atoms with E-state index in [1.807, 2.05) is 6.20 Å². The minimum Gasteiger partial charge on any atom is -0.347 e. The molecule has 4 aliphatic rings. The van der Waals surface area contributed by atoms with Gasteiger partial charge in [0.05, 0.1) is 6.33 Å². The molecule has 114 valence electrons. The molecule has 1 aliphatic carbocycles. The van der Waals surface area contributed by atoms with Gasteiger partial charge in [0.1, 0.15) is 0 Å². The van der Waals surface area contributed by atoms with Crippen molar-refractivity contribution in [1.82, 2.24) is 19.8 Å². The molecule has 1 aromatic heterocycles. The molecule has 5 heteroatoms. The first-order chi connectivity index (χ1) is 10.3. The van der Waals surface area contributed by atoms with E-state index in [1.54, 1.807) is 6.33 Å². The van der Waals surface area contributed by atoms with Gasteiger partial charge < -0.3 is 9.88 Å². The lowest BCUT2D eigenvalue weighted by Crippen LogP contribution is -2.45. The van der Waals surface area contributed by atoms with E-state index < -0.39 is 0 Å². The number of fused-ring (bicyclic) bond motifs is 4. The molecule has 2 bridgehead atoms. The van der Waals surface area contributed by atoms with Crippen LogP contribution in [0.5, 0.6) is 0 Å². The summed E-state index contributed by atoms with van der Waals surface area (Å²) in [6, 6.07) is 0.524. The Kier molecular flexibility index (Phi) is 3.45. The van der Waals surface area contributed by atoms with Crippen LogP contribution in [0.2, 0.25) is 0 Å². The highest BCUT2D eigenvalue weighted by molar-refractivity contribution is 5.79. The molecular weight excluding hydrogens is 264 g/mol. The highest BCUT2D eigenvalue weighted by Crippen LogP contribution is 2.33. The summed E-state index contributed by atoms with van der Waals surface area (Å²) in [6.07, 6.45) is 9.63. The second kappa shape index (κ2) is 5.44. The van der Waals surface area contributed by atoms with E-state index in [-0.39, 0.29) is 0 Å². The quantitative estimate of drug-likeness (QED) is 0.920. The third-order valence-corrected chi connectivity index (χ3v) is 5.52. The molecule has 0 unspecified atom stereocenters. The number of carbonyl (C=O) groups is 1. The van der Waals surface area contributed by atoms with Crippen molar-refractivity contribution < 1.29 is 4.79 Å². The molecule has 4 heterocycles. The molecule has 1 aromatic rings. The summed E-state index contributed by atoms with van der Waals surface area (Å²) in [7, 11) is 0. The van der Waals surface area contributed by atoms with E-state index in [1.165, 1.54) is 25.0 Å². The Morgan fingerprint density at radius 2 is 2.14 bits per heavy atom. The molecule has 3 saturated heterocycles. The topological polar surface area (TPSA) is 52.2 Å². The first kappa shape index (κ1) is 13.3. The Morgan fingerprint density at radius 1 is 1.24 bits per heavy atom. The molecule has 1 amide bonds. The molecule has 5 nitrogen and oxygen atoms in total. The van der Waals surface area contributed by atoms with Crippen molar-refractivity contribution in [3.05, 3.63) is 18.2 Å². The van der Waals surface area contributed by atoms with E-state index >= 15 is 0 Å². The van der Waals surface area contributed by atoms with Crippen molar-refractivity contribution in [2.24, 2.45) is 11.8 Å². The van der Waals surface area contributed by atoms with Crippen LogP contribution >= 0.6 is 0 Å². The Morgan fingerprint density at radius 3 is 2.86 bits per heavy atom. The van der Waals surface area contributed by atoms with Gasteiger partial charge in [-0.3, -0.25) is 9.69 Å². The number of rotatable bonds is 3. The number of hydrogen-bond donors (Lipinski definition) is 1. The van der Waals surface area contributed by atoms with Crippen molar-refractivity contribution in [3.8, 4) is 0 Å². The van der Waals surface area contributed by atoms with Crippen molar-refractivity contribution in [1.29, 1.82) is 0 Å². The highest BCUT2D eigenvalue weighted by atomic mass is 16.2. The standard InChI is InChI=1S/C16H24N4O/c21-16(13-2-1-3-13)20-8-12-4-5-15(10-20)19(7-12)9-14-6-17-11-18-14/h6,11-13,15H,1-5,7-10H2,(H,17,18)/t12-,15-/m1/s1. The summed E-state index contributed by atoms with van der Waals surface area (Å²) in [5, 5.41) is 0. The normalized spacial score (nSPS) is 30.2. The zero-order valence-corrected chi connectivity index (χ0v) is 12.5. The summed E-state index contributed by atoms with van der Waals surface area (Å²) < 4.78 is 0. The third-order valence-electron chi connectivity index (χ3n) is 5.52. The van der Waals surface area contributed by atoms with Crippen LogP contribution in [0.4, 0.5) is 0 Å². The summed E-state index contributed by atoms with van der Waals surface area (Å²) >= 11 is 0. The minimum absolute atomic E-state index is 0.337. The molecule has 5 rings (SSSR count). The molecule has 1 saturated carbocycles. The summed E-state index contributed by atoms with van der Waals surface area (Å²) in [4.78, 5) is 24.6. The van der Waals surface area contributed by atoms with Gasteiger partial charge in [0.2, 0.25) is 5.91 Å². The molecular formula is C16H24N4O. The van der Waals surface area contributed by atoms with Crippen LogP contribution in [0, 0.1) is 11.8 Å². The van der Waals surface area contributed by atoms with Crippen LogP contribution in [0.25, 0.3) is 0 Å². The monoisotopic (exact) mass is 288 g/mol. The summed E-state index contributed by atoms with van der Waals surface area (Å²) in [6.45, 7) is 3.97. The van der Waals surface area contributed by atoms with Crippen LogP contribution in [-0.2, 0) is 11.3 Å². The molecule has 4 fully saturated rings. The average Bonchev–Trinajstić information content (AvgIpc) is 2.75. The fourth-order valence-corrected chi connectivity index (χ4v) is 4.06.